The van der Waals surface area contributed by atoms with E-state index in [1.807, 2.05) is 0 Å². The Balaban J connectivity index is 2.30. The van der Waals surface area contributed by atoms with Gasteiger partial charge in [-0.25, -0.2) is 13.1 Å². The predicted molar refractivity (Wildman–Crippen MR) is 79.0 cm³/mol. The minimum atomic E-state index is -3.58. The van der Waals surface area contributed by atoms with Crippen molar-refractivity contribution in [2.24, 2.45) is 0 Å². The number of sulfonamides is 1. The van der Waals surface area contributed by atoms with Crippen LogP contribution in [0.3, 0.4) is 0 Å². The molecular formula is C13H19N3O3S. The number of benzene rings is 1. The molecule has 1 heterocycles. The molecule has 0 fully saturated rings. The Morgan fingerprint density at radius 1 is 1.45 bits per heavy atom. The first kappa shape index (κ1) is 14.8. The van der Waals surface area contributed by atoms with Crippen LogP contribution >= 0.6 is 0 Å². The fraction of sp³-hybridized carbons (Fsp3) is 0.385. The van der Waals surface area contributed by atoms with Crippen LogP contribution in [0, 0.1) is 0 Å². The minimum Gasteiger partial charge on any atom is -0.399 e. The summed E-state index contributed by atoms with van der Waals surface area (Å²) in [5.41, 5.74) is 6.99. The largest absolute Gasteiger partial charge is 0.399 e. The SMILES string of the molecule is COCCC(C)NS(=O)(=O)c1c[nH]c2ccc(N)cc12. The lowest BCUT2D eigenvalue weighted by Gasteiger charge is -2.13. The average molecular weight is 297 g/mol. The first-order valence-corrected chi connectivity index (χ1v) is 7.80. The average Bonchev–Trinajstić information content (AvgIpc) is 2.79. The molecule has 0 amide bonds. The van der Waals surface area contributed by atoms with Crippen molar-refractivity contribution in [2.45, 2.75) is 24.3 Å². The highest BCUT2D eigenvalue weighted by Gasteiger charge is 2.21. The normalized spacial score (nSPS) is 13.7. The van der Waals surface area contributed by atoms with Crippen molar-refractivity contribution in [3.8, 4) is 0 Å². The second-order valence-corrected chi connectivity index (χ2v) is 6.44. The van der Waals surface area contributed by atoms with Gasteiger partial charge in [0.15, 0.2) is 0 Å². The smallest absolute Gasteiger partial charge is 0.242 e. The topological polar surface area (TPSA) is 97.2 Å². The van der Waals surface area contributed by atoms with Crippen molar-refractivity contribution in [2.75, 3.05) is 19.5 Å². The number of hydrogen-bond acceptors (Lipinski definition) is 4. The van der Waals surface area contributed by atoms with E-state index in [2.05, 4.69) is 9.71 Å². The zero-order valence-corrected chi connectivity index (χ0v) is 12.3. The second kappa shape index (κ2) is 5.82. The number of rotatable bonds is 6. The third-order valence-electron chi connectivity index (χ3n) is 3.07. The summed E-state index contributed by atoms with van der Waals surface area (Å²) in [6.07, 6.45) is 2.09. The van der Waals surface area contributed by atoms with Crippen LogP contribution in [-0.2, 0) is 14.8 Å². The van der Waals surface area contributed by atoms with Gasteiger partial charge in [0, 0.05) is 42.5 Å². The van der Waals surface area contributed by atoms with E-state index in [0.29, 0.717) is 24.1 Å². The first-order valence-electron chi connectivity index (χ1n) is 6.32. The summed E-state index contributed by atoms with van der Waals surface area (Å²) >= 11 is 0. The van der Waals surface area contributed by atoms with Gasteiger partial charge in [0.2, 0.25) is 10.0 Å². The molecule has 7 heteroatoms. The molecule has 2 rings (SSSR count). The molecule has 6 nitrogen and oxygen atoms in total. The molecule has 20 heavy (non-hydrogen) atoms. The van der Waals surface area contributed by atoms with Gasteiger partial charge in [-0.05, 0) is 31.5 Å². The molecule has 0 aliphatic heterocycles. The summed E-state index contributed by atoms with van der Waals surface area (Å²) in [6, 6.07) is 4.94. The van der Waals surface area contributed by atoms with Crippen LogP contribution in [0.15, 0.2) is 29.3 Å². The van der Waals surface area contributed by atoms with Crippen LogP contribution in [0.25, 0.3) is 10.9 Å². The standard InChI is InChI=1S/C13H19N3O3S/c1-9(5-6-19-2)16-20(17,18)13-8-15-12-4-3-10(14)7-11(12)13/h3-4,7-9,15-16H,5-6,14H2,1-2H3. The summed E-state index contributed by atoms with van der Waals surface area (Å²) in [5, 5.41) is 0.594. The van der Waals surface area contributed by atoms with Crippen molar-refractivity contribution in [1.82, 2.24) is 9.71 Å². The Morgan fingerprint density at radius 3 is 2.90 bits per heavy atom. The van der Waals surface area contributed by atoms with Crippen LogP contribution in [0.1, 0.15) is 13.3 Å². The van der Waals surface area contributed by atoms with Crippen LogP contribution in [0.4, 0.5) is 5.69 Å². The van der Waals surface area contributed by atoms with Gasteiger partial charge in [-0.3, -0.25) is 0 Å². The van der Waals surface area contributed by atoms with Gasteiger partial charge in [-0.2, -0.15) is 0 Å². The minimum absolute atomic E-state index is 0.203. The van der Waals surface area contributed by atoms with E-state index in [9.17, 15) is 8.42 Å². The molecule has 0 aliphatic rings. The second-order valence-electron chi connectivity index (χ2n) is 4.76. The van der Waals surface area contributed by atoms with Gasteiger partial charge in [0.25, 0.3) is 0 Å². The number of nitrogen functional groups attached to an aromatic ring is 1. The van der Waals surface area contributed by atoms with Gasteiger partial charge < -0.3 is 15.5 Å². The van der Waals surface area contributed by atoms with Crippen LogP contribution in [-0.4, -0.2) is 33.2 Å². The number of hydrogen-bond donors (Lipinski definition) is 3. The lowest BCUT2D eigenvalue weighted by molar-refractivity contribution is 0.188. The maximum Gasteiger partial charge on any atom is 0.242 e. The number of fused-ring (bicyclic) bond motifs is 1. The summed E-state index contributed by atoms with van der Waals surface area (Å²) in [7, 11) is -2.00. The molecule has 0 aliphatic carbocycles. The highest BCUT2D eigenvalue weighted by molar-refractivity contribution is 7.89. The van der Waals surface area contributed by atoms with E-state index in [1.54, 1.807) is 32.2 Å². The Hall–Kier alpha value is -1.57. The van der Waals surface area contributed by atoms with Crippen molar-refractivity contribution >= 4 is 26.6 Å². The molecule has 4 N–H and O–H groups in total. The van der Waals surface area contributed by atoms with Gasteiger partial charge in [-0.15, -0.1) is 0 Å². The maximum absolute atomic E-state index is 12.4. The van der Waals surface area contributed by atoms with E-state index >= 15 is 0 Å². The van der Waals surface area contributed by atoms with Gasteiger partial charge in [-0.1, -0.05) is 0 Å². The molecule has 1 aromatic heterocycles. The van der Waals surface area contributed by atoms with Crippen molar-refractivity contribution in [3.05, 3.63) is 24.4 Å². The van der Waals surface area contributed by atoms with Crippen LogP contribution < -0.4 is 10.5 Å². The lowest BCUT2D eigenvalue weighted by Crippen LogP contribution is -2.33. The molecule has 2 aromatic rings. The molecule has 0 bridgehead atoms. The van der Waals surface area contributed by atoms with Gasteiger partial charge in [0.1, 0.15) is 4.90 Å². The quantitative estimate of drug-likeness (QED) is 0.703. The molecule has 0 radical (unpaired) electrons. The van der Waals surface area contributed by atoms with Crippen LogP contribution in [0.2, 0.25) is 0 Å². The molecular weight excluding hydrogens is 278 g/mol. The van der Waals surface area contributed by atoms with E-state index < -0.39 is 10.0 Å². The Labute approximate surface area is 118 Å². The molecule has 110 valence electrons. The number of nitrogens with one attached hydrogen (secondary N) is 2. The Morgan fingerprint density at radius 2 is 2.20 bits per heavy atom. The fourth-order valence-electron chi connectivity index (χ4n) is 2.02. The summed E-state index contributed by atoms with van der Waals surface area (Å²) in [4.78, 5) is 3.15. The fourth-order valence-corrected chi connectivity index (χ4v) is 3.46. The molecule has 0 spiro atoms. The van der Waals surface area contributed by atoms with Crippen molar-refractivity contribution in [1.29, 1.82) is 0 Å². The molecule has 0 saturated heterocycles. The summed E-state index contributed by atoms with van der Waals surface area (Å²) < 4.78 is 32.3. The van der Waals surface area contributed by atoms with E-state index in [4.69, 9.17) is 10.5 Å². The number of ether oxygens (including phenoxy) is 1. The van der Waals surface area contributed by atoms with E-state index in [1.165, 1.54) is 6.20 Å². The maximum atomic E-state index is 12.4. The monoisotopic (exact) mass is 297 g/mol. The number of anilines is 1. The molecule has 1 aromatic carbocycles. The highest BCUT2D eigenvalue weighted by atomic mass is 32.2. The highest BCUT2D eigenvalue weighted by Crippen LogP contribution is 2.24. The van der Waals surface area contributed by atoms with E-state index in [-0.39, 0.29) is 10.9 Å². The van der Waals surface area contributed by atoms with Crippen molar-refractivity contribution in [3.63, 3.8) is 0 Å². The summed E-state index contributed by atoms with van der Waals surface area (Å²) in [5.74, 6) is 0. The number of aromatic amines is 1. The number of nitrogens with two attached hydrogens (primary N) is 1. The van der Waals surface area contributed by atoms with E-state index in [0.717, 1.165) is 5.52 Å². The summed E-state index contributed by atoms with van der Waals surface area (Å²) in [6.45, 7) is 2.31. The molecule has 0 saturated carbocycles. The third kappa shape index (κ3) is 3.12. The van der Waals surface area contributed by atoms with Gasteiger partial charge in [0.05, 0.1) is 0 Å². The zero-order valence-electron chi connectivity index (χ0n) is 11.5. The number of aromatic nitrogens is 1. The zero-order chi connectivity index (χ0) is 14.8. The van der Waals surface area contributed by atoms with Crippen molar-refractivity contribution < 1.29 is 13.2 Å². The first-order chi connectivity index (χ1) is 9.44. The van der Waals surface area contributed by atoms with Crippen LogP contribution in [0.5, 0.6) is 0 Å². The number of H-pyrrole nitrogens is 1. The third-order valence-corrected chi connectivity index (χ3v) is 4.70. The molecule has 1 atom stereocenters. The lowest BCUT2D eigenvalue weighted by atomic mass is 10.2. The van der Waals surface area contributed by atoms with Gasteiger partial charge >= 0.3 is 0 Å². The number of methoxy groups -OCH3 is 1. The Bertz CT molecular complexity index is 694. The molecule has 1 unspecified atom stereocenters. The Kier molecular flexibility index (Phi) is 4.32. The predicted octanol–water partition coefficient (Wildman–Crippen LogP) is 1.45.